The van der Waals surface area contributed by atoms with Crippen molar-refractivity contribution in [2.75, 3.05) is 40.9 Å². The van der Waals surface area contributed by atoms with Crippen LogP contribution in [0.1, 0.15) is 252 Å². The molecule has 0 radical (unpaired) electrons. The number of nitrogens with one attached hydrogen (secondary N) is 1. The summed E-state index contributed by atoms with van der Waals surface area (Å²) < 4.78 is 30.6. The molecule has 0 rings (SSSR count). The van der Waals surface area contributed by atoms with Crippen molar-refractivity contribution in [2.24, 2.45) is 0 Å². The molecule has 0 aromatic rings. The van der Waals surface area contributed by atoms with Gasteiger partial charge >= 0.3 is 13.8 Å². The first-order chi connectivity index (χ1) is 33.4. The molecule has 0 heterocycles. The number of likely N-dealkylation sites (N-methyl/N-ethyl adjacent to an activating group) is 1. The molecule has 10 heteroatoms. The zero-order valence-corrected chi connectivity index (χ0v) is 46.7. The standard InChI is InChI=1S/C59H109N2O7P/c1-7-10-13-16-19-22-25-27-29-30-32-34-37-40-43-46-49-52-59(63)68-57(50-47-44-41-38-35-24-21-18-15-12-9-3)56(55-67-69(64,65)66-54-53-61(4,5)6)60-58(62)51-48-45-42-39-36-33-31-28-26-23-20-17-14-11-8-2/h19,22-23,26-27,29,32,34,47,50,56-57H,7-18,20-21,24-25,28,30-31,33,35-46,48-49,51-55H2,1-6H3,(H-,60,62,64,65)/p+1/b22-19-,26-23-,29-27-,34-32-,50-47+. The lowest BCUT2D eigenvalue weighted by Crippen LogP contribution is -2.47. The number of ether oxygens (including phenoxy) is 1. The second-order valence-corrected chi connectivity index (χ2v) is 21.9. The van der Waals surface area contributed by atoms with Crippen LogP contribution in [-0.4, -0.2) is 74.3 Å². The molecule has 0 saturated heterocycles. The first kappa shape index (κ1) is 66.7. The van der Waals surface area contributed by atoms with Crippen molar-refractivity contribution in [3.05, 3.63) is 60.8 Å². The minimum atomic E-state index is -4.45. The summed E-state index contributed by atoms with van der Waals surface area (Å²) in [6.45, 7) is 6.94. The van der Waals surface area contributed by atoms with Gasteiger partial charge in [-0.3, -0.25) is 18.6 Å². The Hall–Kier alpha value is -2.29. The Morgan fingerprint density at radius 2 is 0.884 bits per heavy atom. The summed E-state index contributed by atoms with van der Waals surface area (Å²) in [5.74, 6) is -0.535. The van der Waals surface area contributed by atoms with Crippen molar-refractivity contribution in [1.29, 1.82) is 0 Å². The maximum absolute atomic E-state index is 13.5. The maximum atomic E-state index is 13.5. The highest BCUT2D eigenvalue weighted by atomic mass is 31.2. The van der Waals surface area contributed by atoms with Gasteiger partial charge in [0, 0.05) is 12.8 Å². The van der Waals surface area contributed by atoms with Gasteiger partial charge in [0.2, 0.25) is 5.91 Å². The molecule has 1 amide bonds. The largest absolute Gasteiger partial charge is 0.472 e. The van der Waals surface area contributed by atoms with Crippen LogP contribution in [0.15, 0.2) is 60.8 Å². The number of unbranched alkanes of at least 4 members (excludes halogenated alkanes) is 27. The van der Waals surface area contributed by atoms with Crippen LogP contribution in [0.2, 0.25) is 0 Å². The number of esters is 1. The van der Waals surface area contributed by atoms with E-state index in [1.807, 2.05) is 33.3 Å². The van der Waals surface area contributed by atoms with Crippen LogP contribution >= 0.6 is 7.82 Å². The van der Waals surface area contributed by atoms with Gasteiger partial charge in [0.15, 0.2) is 0 Å². The monoisotopic (exact) mass is 990 g/mol. The molecule has 0 aromatic heterocycles. The Balaban J connectivity index is 5.37. The number of phosphoric ester groups is 1. The topological polar surface area (TPSA) is 111 Å². The fraction of sp³-hybridized carbons (Fsp3) is 0.797. The number of carbonyl (C=O) groups excluding carboxylic acids is 2. The highest BCUT2D eigenvalue weighted by Gasteiger charge is 2.30. The number of nitrogens with zero attached hydrogens (tertiary/aromatic N) is 1. The summed E-state index contributed by atoms with van der Waals surface area (Å²) in [7, 11) is 1.48. The molecule has 0 bridgehead atoms. The molecule has 0 saturated carbocycles. The van der Waals surface area contributed by atoms with Gasteiger partial charge in [0.25, 0.3) is 0 Å². The fourth-order valence-electron chi connectivity index (χ4n) is 7.94. The van der Waals surface area contributed by atoms with E-state index in [2.05, 4.69) is 74.7 Å². The van der Waals surface area contributed by atoms with Crippen LogP contribution in [0.3, 0.4) is 0 Å². The van der Waals surface area contributed by atoms with Gasteiger partial charge in [-0.05, 0) is 96.0 Å². The van der Waals surface area contributed by atoms with E-state index in [0.717, 1.165) is 89.9 Å². The molecule has 0 spiro atoms. The summed E-state index contributed by atoms with van der Waals surface area (Å²) >= 11 is 0. The van der Waals surface area contributed by atoms with Crippen molar-refractivity contribution in [1.82, 2.24) is 5.32 Å². The van der Waals surface area contributed by atoms with Gasteiger partial charge in [0.05, 0.1) is 33.8 Å². The van der Waals surface area contributed by atoms with Crippen molar-refractivity contribution in [3.63, 3.8) is 0 Å². The first-order valence-electron chi connectivity index (χ1n) is 28.6. The second kappa shape index (κ2) is 49.3. The number of quaternary nitrogens is 1. The molecule has 3 atom stereocenters. The zero-order valence-electron chi connectivity index (χ0n) is 45.8. The molecule has 2 N–H and O–H groups in total. The molecule has 0 aliphatic carbocycles. The Bertz CT molecular complexity index is 1370. The van der Waals surface area contributed by atoms with E-state index in [9.17, 15) is 19.0 Å². The molecular weight excluding hydrogens is 880 g/mol. The molecule has 0 aliphatic heterocycles. The van der Waals surface area contributed by atoms with E-state index in [-0.39, 0.29) is 31.5 Å². The van der Waals surface area contributed by atoms with Gasteiger partial charge in [-0.15, -0.1) is 0 Å². The van der Waals surface area contributed by atoms with Gasteiger partial charge in [-0.2, -0.15) is 0 Å². The van der Waals surface area contributed by atoms with E-state index >= 15 is 0 Å². The van der Waals surface area contributed by atoms with Crippen molar-refractivity contribution in [2.45, 2.75) is 264 Å². The Morgan fingerprint density at radius 3 is 1.38 bits per heavy atom. The normalized spacial score (nSPS) is 14.2. The van der Waals surface area contributed by atoms with Gasteiger partial charge in [-0.25, -0.2) is 4.57 Å². The van der Waals surface area contributed by atoms with Crippen molar-refractivity contribution >= 4 is 19.7 Å². The smallest absolute Gasteiger partial charge is 0.456 e. The summed E-state index contributed by atoms with van der Waals surface area (Å²) in [6, 6.07) is -0.859. The summed E-state index contributed by atoms with van der Waals surface area (Å²) in [4.78, 5) is 37.5. The quantitative estimate of drug-likeness (QED) is 0.0205. The third-order valence-electron chi connectivity index (χ3n) is 12.4. The van der Waals surface area contributed by atoms with Gasteiger partial charge < -0.3 is 19.4 Å². The summed E-state index contributed by atoms with van der Waals surface area (Å²) in [5.41, 5.74) is 0. The van der Waals surface area contributed by atoms with E-state index in [1.54, 1.807) is 0 Å². The molecule has 0 fully saturated rings. The Kier molecular flexibility index (Phi) is 47.7. The maximum Gasteiger partial charge on any atom is 0.472 e. The predicted octanol–water partition coefficient (Wildman–Crippen LogP) is 17.1. The molecule has 402 valence electrons. The van der Waals surface area contributed by atoms with E-state index in [0.29, 0.717) is 23.9 Å². The number of amides is 1. The number of hydrogen-bond acceptors (Lipinski definition) is 6. The van der Waals surface area contributed by atoms with E-state index in [1.165, 1.54) is 122 Å². The third kappa shape index (κ3) is 50.4. The number of rotatable bonds is 51. The average molecular weight is 991 g/mol. The zero-order chi connectivity index (χ0) is 50.8. The number of phosphoric acid groups is 1. The van der Waals surface area contributed by atoms with Crippen molar-refractivity contribution < 1.29 is 37.3 Å². The minimum Gasteiger partial charge on any atom is -0.456 e. The second-order valence-electron chi connectivity index (χ2n) is 20.5. The van der Waals surface area contributed by atoms with Crippen molar-refractivity contribution in [3.8, 4) is 0 Å². The molecular formula is C59H110N2O7P+. The van der Waals surface area contributed by atoms with E-state index in [4.69, 9.17) is 13.8 Å². The van der Waals surface area contributed by atoms with Crippen LogP contribution in [0.4, 0.5) is 0 Å². The third-order valence-corrected chi connectivity index (χ3v) is 13.4. The molecule has 3 unspecified atom stereocenters. The van der Waals surface area contributed by atoms with Crippen LogP contribution in [0, 0.1) is 0 Å². The lowest BCUT2D eigenvalue weighted by atomic mass is 10.1. The summed E-state index contributed by atoms with van der Waals surface area (Å²) in [5, 5.41) is 3.04. The first-order valence-corrected chi connectivity index (χ1v) is 30.1. The van der Waals surface area contributed by atoms with Crippen LogP contribution in [0.5, 0.6) is 0 Å². The lowest BCUT2D eigenvalue weighted by molar-refractivity contribution is -0.870. The molecule has 69 heavy (non-hydrogen) atoms. The van der Waals surface area contributed by atoms with Crippen LogP contribution in [0.25, 0.3) is 0 Å². The number of allylic oxidation sites excluding steroid dienone is 9. The number of carbonyl (C=O) groups is 2. The van der Waals surface area contributed by atoms with E-state index < -0.39 is 20.0 Å². The highest BCUT2D eigenvalue weighted by molar-refractivity contribution is 7.47. The predicted molar refractivity (Wildman–Crippen MR) is 295 cm³/mol. The molecule has 0 aliphatic rings. The highest BCUT2D eigenvalue weighted by Crippen LogP contribution is 2.43. The van der Waals surface area contributed by atoms with Crippen LogP contribution in [-0.2, 0) is 27.9 Å². The number of hydrogen-bond donors (Lipinski definition) is 2. The van der Waals surface area contributed by atoms with Crippen LogP contribution < -0.4 is 5.32 Å². The lowest BCUT2D eigenvalue weighted by Gasteiger charge is -2.27. The average Bonchev–Trinajstić information content (AvgIpc) is 3.31. The van der Waals surface area contributed by atoms with Gasteiger partial charge in [0.1, 0.15) is 19.3 Å². The summed E-state index contributed by atoms with van der Waals surface area (Å²) in [6.07, 6.45) is 60.6. The fourth-order valence-corrected chi connectivity index (χ4v) is 8.68. The van der Waals surface area contributed by atoms with Gasteiger partial charge in [-0.1, -0.05) is 204 Å². The Labute approximate surface area is 426 Å². The Morgan fingerprint density at radius 1 is 0.507 bits per heavy atom. The minimum absolute atomic E-state index is 0.0343. The molecule has 9 nitrogen and oxygen atoms in total. The molecule has 0 aromatic carbocycles. The SMILES string of the molecule is CCCCC/C=C\C/C=C\C/C=C\CCCCCCC(=O)OC(/C=C/CCCCCCCCCCC)C(COP(=O)(O)OCC[N+](C)(C)C)NC(=O)CCCCCCCCC/C=C\CCCCCC.